The molecule has 0 amide bonds. The van der Waals surface area contributed by atoms with Gasteiger partial charge in [0.15, 0.2) is 8.32 Å². The number of esters is 1. The quantitative estimate of drug-likeness (QED) is 0.549. The van der Waals surface area contributed by atoms with Gasteiger partial charge in [-0.05, 0) is 30.6 Å². The topological polar surface area (TPSA) is 48.0 Å². The fourth-order valence-corrected chi connectivity index (χ4v) is 4.41. The van der Waals surface area contributed by atoms with Crippen molar-refractivity contribution in [3.05, 3.63) is 35.9 Å². The molecule has 1 saturated heterocycles. The van der Waals surface area contributed by atoms with Crippen LogP contribution in [0.3, 0.4) is 0 Å². The molecular weight excluding hydrogens is 346 g/mol. The molecule has 1 heterocycles. The summed E-state index contributed by atoms with van der Waals surface area (Å²) in [6.07, 6.45) is 0.180. The molecule has 0 aliphatic carbocycles. The maximum absolute atomic E-state index is 12.7. The number of nitrogens with zero attached hydrogens (tertiary/aromatic N) is 1. The van der Waals surface area contributed by atoms with E-state index in [0.29, 0.717) is 19.5 Å². The highest BCUT2D eigenvalue weighted by molar-refractivity contribution is 6.74. The number of hydrogen-bond acceptors (Lipinski definition) is 5. The van der Waals surface area contributed by atoms with Crippen LogP contribution >= 0.6 is 0 Å². The Hall–Kier alpha value is -1.21. The minimum absolute atomic E-state index is 0.0564. The second kappa shape index (κ2) is 7.80. The predicted molar refractivity (Wildman–Crippen MR) is 105 cm³/mol. The van der Waals surface area contributed by atoms with Gasteiger partial charge in [0.1, 0.15) is 0 Å². The van der Waals surface area contributed by atoms with E-state index in [9.17, 15) is 4.79 Å². The molecule has 0 unspecified atom stereocenters. The molecule has 1 aliphatic rings. The molecule has 0 N–H and O–H groups in total. The maximum Gasteiger partial charge on any atom is 0.343 e. The Kier molecular flexibility index (Phi) is 6.33. The molecule has 0 bridgehead atoms. The number of benzene rings is 1. The Morgan fingerprint density at radius 1 is 1.31 bits per heavy atom. The number of carbonyl (C=O) groups excluding carboxylic acids is 1. The molecular formula is C20H33NO4Si. The second-order valence-corrected chi connectivity index (χ2v) is 13.3. The Morgan fingerprint density at radius 3 is 2.46 bits per heavy atom. The molecule has 0 aromatic heterocycles. The third-order valence-electron chi connectivity index (χ3n) is 5.69. The van der Waals surface area contributed by atoms with E-state index in [1.807, 2.05) is 30.2 Å². The van der Waals surface area contributed by atoms with Gasteiger partial charge >= 0.3 is 5.97 Å². The zero-order valence-corrected chi connectivity index (χ0v) is 18.2. The SMILES string of the molecule is COC(=O)[C@@]1([C@H](C)O[Si](C)(C)C(C)(C)C)CCN(Cc2ccccc2)O1. The summed E-state index contributed by atoms with van der Waals surface area (Å²) in [6, 6.07) is 10.1. The maximum atomic E-state index is 12.7. The van der Waals surface area contributed by atoms with Gasteiger partial charge in [0, 0.05) is 19.5 Å². The van der Waals surface area contributed by atoms with Crippen LogP contribution in [-0.2, 0) is 25.3 Å². The van der Waals surface area contributed by atoms with Gasteiger partial charge in [0.25, 0.3) is 0 Å². The molecule has 0 spiro atoms. The van der Waals surface area contributed by atoms with Crippen molar-refractivity contribution < 1.29 is 18.8 Å². The first-order valence-corrected chi connectivity index (χ1v) is 12.2. The molecule has 26 heavy (non-hydrogen) atoms. The van der Waals surface area contributed by atoms with E-state index in [0.717, 1.165) is 5.56 Å². The summed E-state index contributed by atoms with van der Waals surface area (Å²) in [6.45, 7) is 14.2. The zero-order valence-electron chi connectivity index (χ0n) is 17.2. The standard InChI is InChI=1S/C20H33NO4Si/c1-16(24-26(6,7)19(2,3)4)20(18(22)23-5)13-14-21(25-20)15-17-11-9-8-10-12-17/h8-12,16H,13-15H2,1-7H3/t16-,20-/m0/s1. The number of carbonyl (C=O) groups is 1. The van der Waals surface area contributed by atoms with Crippen LogP contribution in [0.5, 0.6) is 0 Å². The number of hydroxylamine groups is 2. The molecule has 146 valence electrons. The van der Waals surface area contributed by atoms with E-state index in [1.165, 1.54) is 7.11 Å². The Balaban J connectivity index is 2.18. The lowest BCUT2D eigenvalue weighted by atomic mass is 9.95. The molecule has 6 heteroatoms. The van der Waals surface area contributed by atoms with Crippen LogP contribution in [0.1, 0.15) is 39.7 Å². The molecule has 1 aromatic rings. The van der Waals surface area contributed by atoms with Gasteiger partial charge in [0.05, 0.1) is 13.2 Å². The highest BCUT2D eigenvalue weighted by Gasteiger charge is 2.55. The van der Waals surface area contributed by atoms with Crippen molar-refractivity contribution in [2.24, 2.45) is 0 Å². The van der Waals surface area contributed by atoms with Crippen LogP contribution in [0.25, 0.3) is 0 Å². The normalized spacial score (nSPS) is 23.0. The first-order chi connectivity index (χ1) is 12.0. The lowest BCUT2D eigenvalue weighted by Gasteiger charge is -2.42. The minimum atomic E-state index is -2.04. The molecule has 0 radical (unpaired) electrons. The van der Waals surface area contributed by atoms with Crippen LogP contribution in [0.4, 0.5) is 0 Å². The molecule has 1 aromatic carbocycles. The van der Waals surface area contributed by atoms with E-state index in [4.69, 9.17) is 14.0 Å². The van der Waals surface area contributed by atoms with Gasteiger partial charge in [-0.3, -0.25) is 4.84 Å². The van der Waals surface area contributed by atoms with Gasteiger partial charge in [-0.15, -0.1) is 0 Å². The van der Waals surface area contributed by atoms with Crippen LogP contribution in [-0.4, -0.2) is 44.7 Å². The van der Waals surface area contributed by atoms with Crippen molar-refractivity contribution in [1.82, 2.24) is 5.06 Å². The van der Waals surface area contributed by atoms with Gasteiger partial charge in [0.2, 0.25) is 5.60 Å². The first-order valence-electron chi connectivity index (χ1n) is 9.26. The summed E-state index contributed by atoms with van der Waals surface area (Å²) < 4.78 is 11.6. The lowest BCUT2D eigenvalue weighted by molar-refractivity contribution is -0.235. The van der Waals surface area contributed by atoms with E-state index in [1.54, 1.807) is 0 Å². The number of hydrogen-bond donors (Lipinski definition) is 0. The second-order valence-electron chi connectivity index (χ2n) is 8.59. The molecule has 2 atom stereocenters. The third kappa shape index (κ3) is 4.36. The Bertz CT molecular complexity index is 614. The first kappa shape index (κ1) is 21.1. The Morgan fingerprint density at radius 2 is 1.92 bits per heavy atom. The molecule has 1 aliphatic heterocycles. The summed E-state index contributed by atoms with van der Waals surface area (Å²) in [4.78, 5) is 18.9. The highest BCUT2D eigenvalue weighted by atomic mass is 28.4. The van der Waals surface area contributed by atoms with Crippen LogP contribution in [0.15, 0.2) is 30.3 Å². The largest absolute Gasteiger partial charge is 0.467 e. The van der Waals surface area contributed by atoms with Crippen LogP contribution in [0.2, 0.25) is 18.1 Å². The number of rotatable bonds is 6. The lowest BCUT2D eigenvalue weighted by Crippen LogP contribution is -2.55. The summed E-state index contributed by atoms with van der Waals surface area (Å²) in [7, 11) is -0.635. The van der Waals surface area contributed by atoms with E-state index in [2.05, 4.69) is 46.0 Å². The molecule has 2 rings (SSSR count). The monoisotopic (exact) mass is 379 g/mol. The summed E-state index contributed by atoms with van der Waals surface area (Å²) in [5, 5.41) is 1.90. The smallest absolute Gasteiger partial charge is 0.343 e. The molecule has 5 nitrogen and oxygen atoms in total. The number of ether oxygens (including phenoxy) is 1. The zero-order chi connectivity index (χ0) is 19.6. The van der Waals surface area contributed by atoms with Gasteiger partial charge in [-0.2, -0.15) is 5.06 Å². The van der Waals surface area contributed by atoms with Crippen molar-refractivity contribution in [2.45, 2.75) is 70.5 Å². The van der Waals surface area contributed by atoms with Gasteiger partial charge in [-0.25, -0.2) is 4.79 Å². The van der Waals surface area contributed by atoms with Crippen molar-refractivity contribution >= 4 is 14.3 Å². The Labute approximate surface area is 158 Å². The van der Waals surface area contributed by atoms with Gasteiger partial charge in [-0.1, -0.05) is 51.1 Å². The summed E-state index contributed by atoms with van der Waals surface area (Å²) in [5.41, 5.74) is 0.0603. The minimum Gasteiger partial charge on any atom is -0.467 e. The van der Waals surface area contributed by atoms with Crippen molar-refractivity contribution in [3.8, 4) is 0 Å². The van der Waals surface area contributed by atoms with Crippen molar-refractivity contribution in [2.75, 3.05) is 13.7 Å². The average molecular weight is 380 g/mol. The van der Waals surface area contributed by atoms with Crippen molar-refractivity contribution in [1.29, 1.82) is 0 Å². The predicted octanol–water partition coefficient (Wildman–Crippen LogP) is 4.15. The van der Waals surface area contributed by atoms with E-state index >= 15 is 0 Å². The molecule has 1 fully saturated rings. The van der Waals surface area contributed by atoms with E-state index < -0.39 is 13.9 Å². The van der Waals surface area contributed by atoms with Crippen LogP contribution in [0, 0.1) is 0 Å². The fourth-order valence-electron chi connectivity index (χ4n) is 2.98. The summed E-state index contributed by atoms with van der Waals surface area (Å²) in [5.74, 6) is -0.362. The fraction of sp³-hybridized carbons (Fsp3) is 0.650. The van der Waals surface area contributed by atoms with E-state index in [-0.39, 0.29) is 17.1 Å². The van der Waals surface area contributed by atoms with Gasteiger partial charge < -0.3 is 9.16 Å². The van der Waals surface area contributed by atoms with Crippen molar-refractivity contribution in [3.63, 3.8) is 0 Å². The number of methoxy groups -OCH3 is 1. The third-order valence-corrected chi connectivity index (χ3v) is 10.2. The highest BCUT2D eigenvalue weighted by Crippen LogP contribution is 2.41. The average Bonchev–Trinajstić information content (AvgIpc) is 2.99. The van der Waals surface area contributed by atoms with Crippen LogP contribution < -0.4 is 0 Å². The summed E-state index contributed by atoms with van der Waals surface area (Å²) >= 11 is 0. The molecule has 0 saturated carbocycles.